The van der Waals surface area contributed by atoms with Gasteiger partial charge in [-0.2, -0.15) is 0 Å². The van der Waals surface area contributed by atoms with Gasteiger partial charge in [0.1, 0.15) is 5.60 Å². The van der Waals surface area contributed by atoms with Gasteiger partial charge < -0.3 is 15.0 Å². The van der Waals surface area contributed by atoms with Gasteiger partial charge in [-0.15, -0.1) is 0 Å². The van der Waals surface area contributed by atoms with E-state index >= 15 is 0 Å². The summed E-state index contributed by atoms with van der Waals surface area (Å²) in [5, 5.41) is 3.43. The van der Waals surface area contributed by atoms with Gasteiger partial charge in [-0.1, -0.05) is 15.9 Å². The lowest BCUT2D eigenvalue weighted by Crippen LogP contribution is -2.58. The van der Waals surface area contributed by atoms with Crippen molar-refractivity contribution in [2.45, 2.75) is 32.4 Å². The molecule has 0 aromatic heterocycles. The molecule has 1 aromatic carbocycles. The molecule has 1 aliphatic heterocycles. The Labute approximate surface area is 150 Å². The third-order valence-corrected chi connectivity index (χ3v) is 4.60. The minimum absolute atomic E-state index is 0.228. The number of carbonyl (C=O) groups excluding carboxylic acids is 1. The average Bonchev–Trinajstić information content (AvgIpc) is 2.21. The minimum atomic E-state index is -0.451. The number of carbonyl (C=O) groups is 1. The molecule has 0 spiro atoms. The molecule has 0 unspecified atom stereocenters. The van der Waals surface area contributed by atoms with E-state index in [1.165, 1.54) is 0 Å². The number of nitrogens with one attached hydrogen (secondary N) is 1. The maximum absolute atomic E-state index is 11.9. The molecule has 1 N–H and O–H groups in total. The monoisotopic (exact) mass is 482 g/mol. The maximum Gasteiger partial charge on any atom is 0.410 e. The van der Waals surface area contributed by atoms with Gasteiger partial charge in [-0.25, -0.2) is 4.79 Å². The number of hydrogen-bond acceptors (Lipinski definition) is 3. The van der Waals surface area contributed by atoms with E-state index in [9.17, 15) is 4.79 Å². The highest BCUT2D eigenvalue weighted by atomic mass is 79.9. The Morgan fingerprint density at radius 2 is 1.76 bits per heavy atom. The smallest absolute Gasteiger partial charge is 0.410 e. The van der Waals surface area contributed by atoms with Crippen molar-refractivity contribution in [2.75, 3.05) is 18.4 Å². The van der Waals surface area contributed by atoms with Gasteiger partial charge >= 0.3 is 6.09 Å². The topological polar surface area (TPSA) is 41.6 Å². The molecule has 2 rings (SSSR count). The number of rotatable bonds is 2. The summed E-state index contributed by atoms with van der Waals surface area (Å²) < 4.78 is 8.28. The Morgan fingerprint density at radius 3 is 2.24 bits per heavy atom. The van der Waals surface area contributed by atoms with Crippen molar-refractivity contribution in [1.82, 2.24) is 4.90 Å². The zero-order valence-corrected chi connectivity index (χ0v) is 16.8. The number of likely N-dealkylation sites (tertiary alicyclic amines) is 1. The van der Waals surface area contributed by atoms with Gasteiger partial charge in [0.15, 0.2) is 0 Å². The zero-order valence-electron chi connectivity index (χ0n) is 12.0. The summed E-state index contributed by atoms with van der Waals surface area (Å²) in [6.45, 7) is 6.90. The van der Waals surface area contributed by atoms with Crippen LogP contribution >= 0.6 is 47.8 Å². The predicted octanol–water partition coefficient (Wildman–Crippen LogP) is 5.01. The van der Waals surface area contributed by atoms with Gasteiger partial charge in [0, 0.05) is 26.5 Å². The summed E-state index contributed by atoms with van der Waals surface area (Å²) in [4.78, 5) is 13.6. The van der Waals surface area contributed by atoms with E-state index in [1.54, 1.807) is 4.90 Å². The van der Waals surface area contributed by atoms with E-state index in [0.717, 1.165) is 19.1 Å². The van der Waals surface area contributed by atoms with Crippen LogP contribution in [-0.2, 0) is 4.74 Å². The van der Waals surface area contributed by atoms with Gasteiger partial charge in [0.25, 0.3) is 0 Å². The number of ether oxygens (including phenoxy) is 1. The van der Waals surface area contributed by atoms with Crippen molar-refractivity contribution in [2.24, 2.45) is 0 Å². The fraction of sp³-hybridized carbons (Fsp3) is 0.500. The molecule has 21 heavy (non-hydrogen) atoms. The normalized spacial score (nSPS) is 15.6. The second kappa shape index (κ2) is 6.46. The second-order valence-electron chi connectivity index (χ2n) is 5.97. The molecule has 0 saturated carbocycles. The van der Waals surface area contributed by atoms with Crippen LogP contribution < -0.4 is 5.32 Å². The molecule has 1 fully saturated rings. The first-order chi connectivity index (χ1) is 9.65. The summed E-state index contributed by atoms with van der Waals surface area (Å²) in [6, 6.07) is 4.20. The van der Waals surface area contributed by atoms with Crippen LogP contribution in [0.15, 0.2) is 25.6 Å². The van der Waals surface area contributed by atoms with Crippen molar-refractivity contribution >= 4 is 59.6 Å². The fourth-order valence-corrected chi connectivity index (χ4v) is 4.42. The first-order valence-electron chi connectivity index (χ1n) is 6.55. The Bertz CT molecular complexity index is 529. The summed E-state index contributed by atoms with van der Waals surface area (Å²) in [7, 11) is 0. The Morgan fingerprint density at radius 1 is 1.24 bits per heavy atom. The highest BCUT2D eigenvalue weighted by molar-refractivity contribution is 9.11. The molecule has 4 nitrogen and oxygen atoms in total. The van der Waals surface area contributed by atoms with Crippen molar-refractivity contribution in [3.05, 3.63) is 25.6 Å². The Hall–Kier alpha value is -0.270. The molecular formula is C14H17Br3N2O2. The standard InChI is InChI=1S/C14H17Br3N2O2/c1-14(2,3)21-13(20)19-6-9(7-19)18-12-10(16)4-8(15)5-11(12)17/h4-5,9,18H,6-7H2,1-3H3. The van der Waals surface area contributed by atoms with Gasteiger partial charge in [0.05, 0.1) is 11.7 Å². The van der Waals surface area contributed by atoms with Crippen LogP contribution in [0, 0.1) is 0 Å². The van der Waals surface area contributed by atoms with Crippen LogP contribution in [0.1, 0.15) is 20.8 Å². The van der Waals surface area contributed by atoms with Crippen LogP contribution in [-0.4, -0.2) is 35.7 Å². The van der Waals surface area contributed by atoms with Crippen LogP contribution in [0.5, 0.6) is 0 Å². The summed E-state index contributed by atoms with van der Waals surface area (Å²) >= 11 is 10.5. The van der Waals surface area contributed by atoms with E-state index < -0.39 is 5.60 Å². The van der Waals surface area contributed by atoms with Crippen molar-refractivity contribution in [3.8, 4) is 0 Å². The van der Waals surface area contributed by atoms with Crippen LogP contribution in [0.2, 0.25) is 0 Å². The van der Waals surface area contributed by atoms with E-state index in [2.05, 4.69) is 53.1 Å². The number of hydrogen-bond donors (Lipinski definition) is 1. The van der Waals surface area contributed by atoms with Crippen LogP contribution in [0.3, 0.4) is 0 Å². The first-order valence-corrected chi connectivity index (χ1v) is 8.92. The molecule has 1 heterocycles. The third-order valence-electron chi connectivity index (χ3n) is 2.89. The number of anilines is 1. The first kappa shape index (κ1) is 17.1. The molecule has 116 valence electrons. The third kappa shape index (κ3) is 4.60. The molecule has 0 atom stereocenters. The summed E-state index contributed by atoms with van der Waals surface area (Å²) in [6.07, 6.45) is -0.255. The molecule has 7 heteroatoms. The Kier molecular flexibility index (Phi) is 5.26. The lowest BCUT2D eigenvalue weighted by atomic mass is 10.1. The molecule has 0 aliphatic carbocycles. The van der Waals surface area contributed by atoms with Crippen molar-refractivity contribution < 1.29 is 9.53 Å². The lowest BCUT2D eigenvalue weighted by molar-refractivity contribution is 0.0105. The fourth-order valence-electron chi connectivity index (χ4n) is 1.93. The molecule has 1 aromatic rings. The van der Waals surface area contributed by atoms with Crippen LogP contribution in [0.25, 0.3) is 0 Å². The van der Waals surface area contributed by atoms with Crippen LogP contribution in [0.4, 0.5) is 10.5 Å². The summed E-state index contributed by atoms with van der Waals surface area (Å²) in [5.41, 5.74) is 0.542. The lowest BCUT2D eigenvalue weighted by Gasteiger charge is -2.40. The van der Waals surface area contributed by atoms with E-state index in [4.69, 9.17) is 4.74 Å². The largest absolute Gasteiger partial charge is 0.444 e. The van der Waals surface area contributed by atoms with Gasteiger partial charge in [-0.3, -0.25) is 0 Å². The zero-order chi connectivity index (χ0) is 15.8. The van der Waals surface area contributed by atoms with Gasteiger partial charge in [-0.05, 0) is 64.8 Å². The molecule has 1 amide bonds. The number of benzene rings is 1. The molecular weight excluding hydrogens is 468 g/mol. The molecule has 1 aliphatic rings. The van der Waals surface area contributed by atoms with Crippen molar-refractivity contribution in [3.63, 3.8) is 0 Å². The number of nitrogens with zero attached hydrogens (tertiary/aromatic N) is 1. The number of amides is 1. The highest BCUT2D eigenvalue weighted by Crippen LogP contribution is 2.35. The predicted molar refractivity (Wildman–Crippen MR) is 94.8 cm³/mol. The highest BCUT2D eigenvalue weighted by Gasteiger charge is 2.34. The van der Waals surface area contributed by atoms with Crippen molar-refractivity contribution in [1.29, 1.82) is 0 Å². The minimum Gasteiger partial charge on any atom is -0.444 e. The maximum atomic E-state index is 11.9. The summed E-state index contributed by atoms with van der Waals surface area (Å²) in [5.74, 6) is 0. The average molecular weight is 485 g/mol. The molecule has 0 bridgehead atoms. The number of halogens is 3. The SMILES string of the molecule is CC(C)(C)OC(=O)N1CC(Nc2c(Br)cc(Br)cc2Br)C1. The molecule has 1 saturated heterocycles. The second-order valence-corrected chi connectivity index (χ2v) is 8.60. The van der Waals surface area contributed by atoms with E-state index in [0.29, 0.717) is 13.1 Å². The molecule has 0 radical (unpaired) electrons. The van der Waals surface area contributed by atoms with E-state index in [1.807, 2.05) is 32.9 Å². The quantitative estimate of drug-likeness (QED) is 0.642. The Balaban J connectivity index is 1.90. The van der Waals surface area contributed by atoms with E-state index in [-0.39, 0.29) is 12.1 Å². The van der Waals surface area contributed by atoms with Gasteiger partial charge in [0.2, 0.25) is 0 Å².